The molecule has 2 aromatic heterocycles. The number of aromatic amines is 1. The summed E-state index contributed by atoms with van der Waals surface area (Å²) in [7, 11) is 0. The van der Waals surface area contributed by atoms with Crippen molar-refractivity contribution in [1.29, 1.82) is 0 Å². The fraction of sp³-hybridized carbons (Fsp3) is 0.136. The summed E-state index contributed by atoms with van der Waals surface area (Å²) < 4.78 is 0. The molecule has 5 rings (SSSR count). The maximum absolute atomic E-state index is 12.9. The van der Waals surface area contributed by atoms with Crippen LogP contribution in [-0.4, -0.2) is 29.1 Å². The minimum Gasteiger partial charge on any atom is -0.336 e. The molecule has 0 aliphatic carbocycles. The van der Waals surface area contributed by atoms with Crippen LogP contribution in [0.15, 0.2) is 59.4 Å². The number of aromatic nitrogens is 2. The lowest BCUT2D eigenvalue weighted by atomic mass is 10.1. The summed E-state index contributed by atoms with van der Waals surface area (Å²) in [4.78, 5) is 36.0. The van der Waals surface area contributed by atoms with Crippen molar-refractivity contribution in [1.82, 2.24) is 15.3 Å². The van der Waals surface area contributed by atoms with E-state index in [1.165, 1.54) is 11.3 Å². The van der Waals surface area contributed by atoms with Gasteiger partial charge in [-0.2, -0.15) is 0 Å². The third-order valence-electron chi connectivity index (χ3n) is 5.12. The largest absolute Gasteiger partial charge is 0.336 e. The molecule has 144 valence electrons. The Labute approximate surface area is 170 Å². The molecule has 0 spiro atoms. The first-order valence-electron chi connectivity index (χ1n) is 9.36. The zero-order valence-corrected chi connectivity index (χ0v) is 16.5. The molecule has 1 aliphatic heterocycles. The molecular weight excluding hydrogens is 384 g/mol. The van der Waals surface area contributed by atoms with E-state index in [0.717, 1.165) is 27.3 Å². The SMILES string of the molecule is Cc1c(-c2ccccc2)sc2nc(-c3cccc(N4CCNC4=O)c3)[nH]c(=O)c12. The van der Waals surface area contributed by atoms with Crippen LogP contribution in [0.2, 0.25) is 0 Å². The predicted octanol–water partition coefficient (Wildman–Crippen LogP) is 4.16. The molecule has 2 amide bonds. The van der Waals surface area contributed by atoms with Crippen LogP contribution < -0.4 is 15.8 Å². The normalized spacial score (nSPS) is 13.8. The average Bonchev–Trinajstić information content (AvgIpc) is 3.32. The van der Waals surface area contributed by atoms with E-state index in [-0.39, 0.29) is 11.6 Å². The second-order valence-electron chi connectivity index (χ2n) is 6.95. The molecule has 1 saturated heterocycles. The molecule has 1 aliphatic rings. The minimum absolute atomic E-state index is 0.111. The number of thiophene rings is 1. The molecular formula is C22H18N4O2S. The van der Waals surface area contributed by atoms with Crippen molar-refractivity contribution >= 4 is 33.3 Å². The number of fused-ring (bicyclic) bond motifs is 1. The monoisotopic (exact) mass is 402 g/mol. The van der Waals surface area contributed by atoms with Crippen molar-refractivity contribution in [3.05, 3.63) is 70.5 Å². The van der Waals surface area contributed by atoms with Gasteiger partial charge in [0.15, 0.2) is 0 Å². The Balaban J connectivity index is 1.62. The Morgan fingerprint density at radius 3 is 2.59 bits per heavy atom. The molecule has 1 fully saturated rings. The molecule has 7 heteroatoms. The quantitative estimate of drug-likeness (QED) is 0.540. The van der Waals surface area contributed by atoms with E-state index in [1.54, 1.807) is 4.90 Å². The number of amides is 2. The van der Waals surface area contributed by atoms with E-state index >= 15 is 0 Å². The number of urea groups is 1. The molecule has 0 unspecified atom stereocenters. The predicted molar refractivity (Wildman–Crippen MR) is 117 cm³/mol. The number of anilines is 1. The number of aryl methyl sites for hydroxylation is 1. The van der Waals surface area contributed by atoms with Crippen LogP contribution in [0.5, 0.6) is 0 Å². The minimum atomic E-state index is -0.148. The smallest absolute Gasteiger partial charge is 0.321 e. The Hall–Kier alpha value is -3.45. The lowest BCUT2D eigenvalue weighted by molar-refractivity contribution is 0.252. The van der Waals surface area contributed by atoms with Crippen molar-refractivity contribution in [2.75, 3.05) is 18.0 Å². The third-order valence-corrected chi connectivity index (χ3v) is 6.36. The van der Waals surface area contributed by atoms with E-state index in [1.807, 2.05) is 61.5 Å². The number of hydrogen-bond acceptors (Lipinski definition) is 4. The molecule has 0 saturated carbocycles. The van der Waals surface area contributed by atoms with Crippen LogP contribution >= 0.6 is 11.3 Å². The van der Waals surface area contributed by atoms with Gasteiger partial charge in [-0.3, -0.25) is 9.69 Å². The average molecular weight is 402 g/mol. The van der Waals surface area contributed by atoms with Gasteiger partial charge in [0.1, 0.15) is 10.7 Å². The number of H-pyrrole nitrogens is 1. The van der Waals surface area contributed by atoms with Gasteiger partial charge in [-0.25, -0.2) is 9.78 Å². The number of benzene rings is 2. The molecule has 29 heavy (non-hydrogen) atoms. The van der Waals surface area contributed by atoms with E-state index in [2.05, 4.69) is 10.3 Å². The highest BCUT2D eigenvalue weighted by Gasteiger charge is 2.22. The van der Waals surface area contributed by atoms with Crippen molar-refractivity contribution in [2.45, 2.75) is 6.92 Å². The molecule has 4 aromatic rings. The molecule has 0 bridgehead atoms. The first-order valence-corrected chi connectivity index (χ1v) is 10.2. The van der Waals surface area contributed by atoms with Crippen LogP contribution in [0.4, 0.5) is 10.5 Å². The lowest BCUT2D eigenvalue weighted by Crippen LogP contribution is -2.27. The Morgan fingerprint density at radius 2 is 1.83 bits per heavy atom. The first-order chi connectivity index (χ1) is 14.1. The second-order valence-corrected chi connectivity index (χ2v) is 7.95. The number of nitrogens with zero attached hydrogens (tertiary/aromatic N) is 2. The molecule has 2 N–H and O–H groups in total. The molecule has 3 heterocycles. The van der Waals surface area contributed by atoms with Gasteiger partial charge in [0, 0.05) is 29.2 Å². The summed E-state index contributed by atoms with van der Waals surface area (Å²) in [5.74, 6) is 0.504. The van der Waals surface area contributed by atoms with Gasteiger partial charge in [-0.15, -0.1) is 11.3 Å². The van der Waals surface area contributed by atoms with E-state index in [4.69, 9.17) is 4.98 Å². The maximum atomic E-state index is 12.9. The van der Waals surface area contributed by atoms with Crippen molar-refractivity contribution in [3.63, 3.8) is 0 Å². The highest BCUT2D eigenvalue weighted by atomic mass is 32.1. The van der Waals surface area contributed by atoms with Crippen LogP contribution in [-0.2, 0) is 0 Å². The fourth-order valence-corrected chi connectivity index (χ4v) is 4.87. The van der Waals surface area contributed by atoms with Gasteiger partial charge in [0.05, 0.1) is 5.39 Å². The Bertz CT molecular complexity index is 1290. The van der Waals surface area contributed by atoms with E-state index < -0.39 is 0 Å². The summed E-state index contributed by atoms with van der Waals surface area (Å²) in [5, 5.41) is 3.43. The number of hydrogen-bond donors (Lipinski definition) is 2. The van der Waals surface area contributed by atoms with Gasteiger partial charge in [0.25, 0.3) is 5.56 Å². The summed E-state index contributed by atoms with van der Waals surface area (Å²) in [6.45, 7) is 3.21. The molecule has 0 radical (unpaired) electrons. The molecule has 2 aromatic carbocycles. The van der Waals surface area contributed by atoms with Crippen LogP contribution in [0.1, 0.15) is 5.56 Å². The fourth-order valence-electron chi connectivity index (χ4n) is 3.68. The topological polar surface area (TPSA) is 78.1 Å². The van der Waals surface area contributed by atoms with Crippen LogP contribution in [0.3, 0.4) is 0 Å². The number of nitrogens with one attached hydrogen (secondary N) is 2. The van der Waals surface area contributed by atoms with Crippen LogP contribution in [0, 0.1) is 6.92 Å². The zero-order chi connectivity index (χ0) is 20.0. The lowest BCUT2D eigenvalue weighted by Gasteiger charge is -2.15. The zero-order valence-electron chi connectivity index (χ0n) is 15.7. The van der Waals surface area contributed by atoms with E-state index in [9.17, 15) is 9.59 Å². The number of carbonyl (C=O) groups excluding carboxylic acids is 1. The summed E-state index contributed by atoms with van der Waals surface area (Å²) in [6, 6.07) is 17.4. The van der Waals surface area contributed by atoms with Gasteiger partial charge in [-0.1, -0.05) is 42.5 Å². The van der Waals surface area contributed by atoms with E-state index in [0.29, 0.717) is 29.1 Å². The first kappa shape index (κ1) is 17.6. The van der Waals surface area contributed by atoms with Crippen LogP contribution in [0.25, 0.3) is 32.0 Å². The second kappa shape index (κ2) is 6.86. The van der Waals surface area contributed by atoms with Crippen molar-refractivity contribution in [2.24, 2.45) is 0 Å². The van der Waals surface area contributed by atoms with Crippen molar-refractivity contribution in [3.8, 4) is 21.8 Å². The number of rotatable bonds is 3. The molecule has 0 atom stereocenters. The van der Waals surface area contributed by atoms with Crippen molar-refractivity contribution < 1.29 is 4.79 Å². The Kier molecular flexibility index (Phi) is 4.17. The Morgan fingerprint density at radius 1 is 1.03 bits per heavy atom. The summed E-state index contributed by atoms with van der Waals surface area (Å²) in [6.07, 6.45) is 0. The standard InChI is InChI=1S/C22H18N4O2S/c1-13-17-20(27)24-19(25-21(17)29-18(13)14-6-3-2-4-7-14)15-8-5-9-16(12-15)26-11-10-23-22(26)28/h2-9,12H,10-11H2,1H3,(H,23,28)(H,24,25,27). The summed E-state index contributed by atoms with van der Waals surface area (Å²) in [5.41, 5.74) is 3.43. The van der Waals surface area contributed by atoms with Gasteiger partial charge >= 0.3 is 6.03 Å². The number of carbonyl (C=O) groups is 1. The van der Waals surface area contributed by atoms with Gasteiger partial charge in [-0.05, 0) is 30.2 Å². The van der Waals surface area contributed by atoms with Gasteiger partial charge in [0.2, 0.25) is 0 Å². The maximum Gasteiger partial charge on any atom is 0.321 e. The molecule has 6 nitrogen and oxygen atoms in total. The highest BCUT2D eigenvalue weighted by molar-refractivity contribution is 7.22. The highest BCUT2D eigenvalue weighted by Crippen LogP contribution is 2.36. The summed E-state index contributed by atoms with van der Waals surface area (Å²) >= 11 is 1.52. The third kappa shape index (κ3) is 3.00. The van der Waals surface area contributed by atoms with Gasteiger partial charge < -0.3 is 10.3 Å².